The van der Waals surface area contributed by atoms with E-state index in [1.165, 1.54) is 17.2 Å². The quantitative estimate of drug-likeness (QED) is 0.138. The van der Waals surface area contributed by atoms with Gasteiger partial charge in [0.15, 0.2) is 0 Å². The average Bonchev–Trinajstić information content (AvgIpc) is 2.90. The molecule has 4 heteroatoms. The van der Waals surface area contributed by atoms with Gasteiger partial charge in [0, 0.05) is 5.56 Å². The molecule has 0 aromatic heterocycles. The van der Waals surface area contributed by atoms with Crippen LogP contribution in [-0.2, 0) is 6.42 Å². The van der Waals surface area contributed by atoms with Gasteiger partial charge in [-0.15, -0.1) is 0 Å². The highest BCUT2D eigenvalue weighted by Gasteiger charge is 2.12. The third-order valence-electron chi connectivity index (χ3n) is 5.93. The van der Waals surface area contributed by atoms with Gasteiger partial charge in [0.05, 0.1) is 12.2 Å². The summed E-state index contributed by atoms with van der Waals surface area (Å²) in [5.74, 6) is 0.390. The Morgan fingerprint density at radius 3 is 2.22 bits per heavy atom. The highest BCUT2D eigenvalue weighted by Crippen LogP contribution is 2.22. The first-order valence-electron chi connectivity index (χ1n) is 12.1. The van der Waals surface area contributed by atoms with Crippen molar-refractivity contribution < 1.29 is 18.7 Å². The van der Waals surface area contributed by atoms with Crippen LogP contribution in [0.2, 0.25) is 0 Å². The van der Waals surface area contributed by atoms with E-state index < -0.39 is 11.8 Å². The summed E-state index contributed by atoms with van der Waals surface area (Å²) in [6.07, 6.45) is 4.52. The zero-order valence-corrected chi connectivity index (χ0v) is 20.5. The molecule has 36 heavy (non-hydrogen) atoms. The fourth-order valence-electron chi connectivity index (χ4n) is 3.93. The number of hydrogen-bond donors (Lipinski definition) is 0. The second-order valence-corrected chi connectivity index (χ2v) is 8.62. The molecular formula is C32H29FO3. The van der Waals surface area contributed by atoms with Gasteiger partial charge in [-0.05, 0) is 72.4 Å². The molecule has 0 saturated heterocycles. The minimum atomic E-state index is -0.617. The molecule has 1 atom stereocenters. The van der Waals surface area contributed by atoms with E-state index in [0.29, 0.717) is 29.6 Å². The van der Waals surface area contributed by atoms with Crippen LogP contribution in [0.1, 0.15) is 52.4 Å². The van der Waals surface area contributed by atoms with Crippen molar-refractivity contribution in [2.45, 2.75) is 26.2 Å². The Morgan fingerprint density at radius 2 is 1.56 bits per heavy atom. The zero-order chi connectivity index (χ0) is 25.3. The fraction of sp³-hybridized carbons (Fsp3) is 0.156. The van der Waals surface area contributed by atoms with Crippen LogP contribution in [0, 0.1) is 5.82 Å². The van der Waals surface area contributed by atoms with Crippen molar-refractivity contribution in [3.05, 3.63) is 131 Å². The number of benzene rings is 4. The van der Waals surface area contributed by atoms with Gasteiger partial charge >= 0.3 is 5.97 Å². The molecule has 0 aliphatic heterocycles. The molecule has 0 bridgehead atoms. The Labute approximate surface area is 211 Å². The van der Waals surface area contributed by atoms with Crippen LogP contribution in [0.3, 0.4) is 0 Å². The molecule has 0 amide bonds. The predicted molar refractivity (Wildman–Crippen MR) is 143 cm³/mol. The average molecular weight is 481 g/mol. The molecule has 0 fully saturated rings. The number of hydrogen-bond acceptors (Lipinski definition) is 3. The Morgan fingerprint density at radius 1 is 0.861 bits per heavy atom. The molecule has 4 aromatic carbocycles. The Balaban J connectivity index is 1.36. The van der Waals surface area contributed by atoms with E-state index in [0.717, 1.165) is 12.0 Å². The summed E-state index contributed by atoms with van der Waals surface area (Å²) < 4.78 is 25.4. The van der Waals surface area contributed by atoms with Gasteiger partial charge in [-0.1, -0.05) is 79.7 Å². The monoisotopic (exact) mass is 480 g/mol. The lowest BCUT2D eigenvalue weighted by molar-refractivity contribution is 0.0734. The molecule has 4 aromatic rings. The normalized spacial score (nSPS) is 11.9. The maximum Gasteiger partial charge on any atom is 0.343 e. The molecular weight excluding hydrogens is 451 g/mol. The van der Waals surface area contributed by atoms with E-state index in [1.54, 1.807) is 42.5 Å². The van der Waals surface area contributed by atoms with Crippen LogP contribution in [0.25, 0.3) is 12.2 Å². The second-order valence-electron chi connectivity index (χ2n) is 8.62. The van der Waals surface area contributed by atoms with Gasteiger partial charge in [-0.3, -0.25) is 0 Å². The van der Waals surface area contributed by atoms with Crippen molar-refractivity contribution in [3.8, 4) is 11.5 Å². The molecule has 0 spiro atoms. The standard InChI is InChI=1S/C32H29FO3/c1-3-35-29-17-19-30(20-18-29)36-32(34)28-16-15-27(31(33)22-28)14-13-24-9-11-25(12-10-24)21-23(2)26-7-5-4-6-8-26/h4-20,22-23H,3,21H2,1-2H3/b14-13+. The van der Waals surface area contributed by atoms with Crippen LogP contribution in [0.15, 0.2) is 97.1 Å². The summed E-state index contributed by atoms with van der Waals surface area (Å²) >= 11 is 0. The zero-order valence-electron chi connectivity index (χ0n) is 20.5. The maximum atomic E-state index is 14.7. The molecule has 3 nitrogen and oxygen atoms in total. The van der Waals surface area contributed by atoms with E-state index in [2.05, 4.69) is 43.3 Å². The Kier molecular flexibility index (Phi) is 8.30. The summed E-state index contributed by atoms with van der Waals surface area (Å²) in [5, 5.41) is 0. The number of ether oxygens (including phenoxy) is 2. The van der Waals surface area contributed by atoms with E-state index >= 15 is 0 Å². The van der Waals surface area contributed by atoms with Crippen molar-refractivity contribution in [2.24, 2.45) is 0 Å². The van der Waals surface area contributed by atoms with Gasteiger partial charge in [-0.25, -0.2) is 9.18 Å². The summed E-state index contributed by atoms with van der Waals surface area (Å²) in [5.41, 5.74) is 4.10. The molecule has 0 aliphatic carbocycles. The summed E-state index contributed by atoms with van der Waals surface area (Å²) in [4.78, 5) is 12.4. The van der Waals surface area contributed by atoms with Crippen LogP contribution in [0.4, 0.5) is 4.39 Å². The topological polar surface area (TPSA) is 35.5 Å². The lowest BCUT2D eigenvalue weighted by Crippen LogP contribution is -2.09. The van der Waals surface area contributed by atoms with Crippen molar-refractivity contribution in [1.82, 2.24) is 0 Å². The number of esters is 1. The van der Waals surface area contributed by atoms with Crippen LogP contribution < -0.4 is 9.47 Å². The number of rotatable bonds is 9. The third-order valence-corrected chi connectivity index (χ3v) is 5.93. The predicted octanol–water partition coefficient (Wildman–Crippen LogP) is 7.96. The maximum absolute atomic E-state index is 14.7. The van der Waals surface area contributed by atoms with E-state index in [4.69, 9.17) is 9.47 Å². The first-order valence-corrected chi connectivity index (χ1v) is 12.1. The van der Waals surface area contributed by atoms with Crippen molar-refractivity contribution in [3.63, 3.8) is 0 Å². The van der Waals surface area contributed by atoms with Gasteiger partial charge in [-0.2, -0.15) is 0 Å². The molecule has 0 N–H and O–H groups in total. The summed E-state index contributed by atoms with van der Waals surface area (Å²) in [7, 11) is 0. The molecule has 0 aliphatic rings. The van der Waals surface area contributed by atoms with Crippen LogP contribution in [0.5, 0.6) is 11.5 Å². The highest BCUT2D eigenvalue weighted by atomic mass is 19.1. The largest absolute Gasteiger partial charge is 0.494 e. The lowest BCUT2D eigenvalue weighted by Gasteiger charge is -2.12. The number of carbonyl (C=O) groups is 1. The Bertz CT molecular complexity index is 1310. The number of carbonyl (C=O) groups excluding carboxylic acids is 1. The lowest BCUT2D eigenvalue weighted by atomic mass is 9.93. The first-order chi connectivity index (χ1) is 17.5. The SMILES string of the molecule is CCOc1ccc(OC(=O)c2ccc(/C=C/c3ccc(CC(C)c4ccccc4)cc3)c(F)c2)cc1. The molecule has 0 heterocycles. The van der Waals surface area contributed by atoms with Gasteiger partial charge in [0.25, 0.3) is 0 Å². The third kappa shape index (κ3) is 6.70. The second kappa shape index (κ2) is 12.0. The molecule has 1 unspecified atom stereocenters. The van der Waals surface area contributed by atoms with E-state index in [9.17, 15) is 9.18 Å². The van der Waals surface area contributed by atoms with Crippen molar-refractivity contribution in [1.29, 1.82) is 0 Å². The van der Waals surface area contributed by atoms with Crippen LogP contribution >= 0.6 is 0 Å². The molecule has 182 valence electrons. The number of halogens is 1. The van der Waals surface area contributed by atoms with Gasteiger partial charge in [0.2, 0.25) is 0 Å². The molecule has 0 radical (unpaired) electrons. The molecule has 0 saturated carbocycles. The van der Waals surface area contributed by atoms with Crippen LogP contribution in [-0.4, -0.2) is 12.6 Å². The van der Waals surface area contributed by atoms with Crippen molar-refractivity contribution >= 4 is 18.1 Å². The Hall–Kier alpha value is -4.18. The fourth-order valence-corrected chi connectivity index (χ4v) is 3.93. The summed E-state index contributed by atoms with van der Waals surface area (Å²) in [6.45, 7) is 4.67. The highest BCUT2D eigenvalue weighted by molar-refractivity contribution is 5.91. The van der Waals surface area contributed by atoms with E-state index in [-0.39, 0.29) is 5.56 Å². The van der Waals surface area contributed by atoms with Crippen molar-refractivity contribution in [2.75, 3.05) is 6.61 Å². The van der Waals surface area contributed by atoms with E-state index in [1.807, 2.05) is 31.2 Å². The van der Waals surface area contributed by atoms with Gasteiger partial charge < -0.3 is 9.47 Å². The molecule has 4 rings (SSSR count). The van der Waals surface area contributed by atoms with Gasteiger partial charge in [0.1, 0.15) is 17.3 Å². The minimum Gasteiger partial charge on any atom is -0.494 e. The minimum absolute atomic E-state index is 0.149. The first kappa shape index (κ1) is 24.9. The smallest absolute Gasteiger partial charge is 0.343 e. The summed E-state index contributed by atoms with van der Waals surface area (Å²) in [6, 6.07) is 29.8.